The van der Waals surface area contributed by atoms with Crippen molar-refractivity contribution in [2.45, 2.75) is 19.8 Å². The van der Waals surface area contributed by atoms with E-state index in [1.807, 2.05) is 13.8 Å². The van der Waals surface area contributed by atoms with Gasteiger partial charge in [-0.3, -0.25) is 0 Å². The average Bonchev–Trinajstić information content (AvgIpc) is 2.73. The third kappa shape index (κ3) is 1.46. The summed E-state index contributed by atoms with van der Waals surface area (Å²) in [4.78, 5) is 0. The Kier molecular flexibility index (Phi) is 2.30. The highest BCUT2D eigenvalue weighted by Crippen LogP contribution is 2.64. The monoisotopic (exact) mass is 211 g/mol. The molecule has 0 unspecified atom stereocenters. The lowest BCUT2D eigenvalue weighted by Crippen LogP contribution is -2.05. The van der Waals surface area contributed by atoms with E-state index < -0.39 is 11.6 Å². The van der Waals surface area contributed by atoms with E-state index in [1.165, 1.54) is 0 Å². The first kappa shape index (κ1) is 10.6. The van der Waals surface area contributed by atoms with E-state index in [0.717, 1.165) is 6.07 Å². The van der Waals surface area contributed by atoms with Gasteiger partial charge in [0.25, 0.3) is 0 Å². The summed E-state index contributed by atoms with van der Waals surface area (Å²) in [6, 6.07) is 4.35. The van der Waals surface area contributed by atoms with Crippen LogP contribution >= 0.6 is 0 Å². The predicted octanol–water partition coefficient (Wildman–Crippen LogP) is 2.66. The molecule has 15 heavy (non-hydrogen) atoms. The van der Waals surface area contributed by atoms with Crippen LogP contribution in [0.3, 0.4) is 0 Å². The summed E-state index contributed by atoms with van der Waals surface area (Å²) < 4.78 is 26.6. The standard InChI is InChI=1S/C12H15F2N/c1-12(2)8(6-15)10(12)7-4-3-5-9(13)11(7)14/h3-5,8,10H,6,15H2,1-2H3/t8-,10-/m0/s1. The molecule has 1 aliphatic rings. The summed E-state index contributed by atoms with van der Waals surface area (Å²) in [5.74, 6) is -1.18. The maximum absolute atomic E-state index is 13.5. The smallest absolute Gasteiger partial charge is 0.162 e. The third-order valence-corrected chi connectivity index (χ3v) is 3.62. The van der Waals surface area contributed by atoms with Crippen molar-refractivity contribution in [3.8, 4) is 0 Å². The van der Waals surface area contributed by atoms with E-state index in [-0.39, 0.29) is 17.3 Å². The summed E-state index contributed by atoms with van der Waals surface area (Å²) in [6.07, 6.45) is 0. The first-order chi connectivity index (χ1) is 7.00. The van der Waals surface area contributed by atoms with Gasteiger partial charge in [-0.15, -0.1) is 0 Å². The van der Waals surface area contributed by atoms with Crippen LogP contribution in [0.2, 0.25) is 0 Å². The van der Waals surface area contributed by atoms with Crippen LogP contribution in [0.1, 0.15) is 25.3 Å². The second kappa shape index (κ2) is 3.27. The molecule has 2 atom stereocenters. The van der Waals surface area contributed by atoms with Gasteiger partial charge in [-0.25, -0.2) is 8.78 Å². The van der Waals surface area contributed by atoms with Crippen molar-refractivity contribution >= 4 is 0 Å². The molecular formula is C12H15F2N. The zero-order chi connectivity index (χ0) is 11.2. The maximum Gasteiger partial charge on any atom is 0.162 e. The molecule has 3 heteroatoms. The van der Waals surface area contributed by atoms with Gasteiger partial charge in [-0.1, -0.05) is 26.0 Å². The van der Waals surface area contributed by atoms with Crippen molar-refractivity contribution in [1.82, 2.24) is 0 Å². The molecule has 0 heterocycles. The molecule has 0 spiro atoms. The van der Waals surface area contributed by atoms with Crippen molar-refractivity contribution in [3.63, 3.8) is 0 Å². The predicted molar refractivity (Wildman–Crippen MR) is 55.4 cm³/mol. The van der Waals surface area contributed by atoms with Crippen molar-refractivity contribution in [1.29, 1.82) is 0 Å². The van der Waals surface area contributed by atoms with Crippen LogP contribution in [0.25, 0.3) is 0 Å². The lowest BCUT2D eigenvalue weighted by atomic mass is 10.0. The topological polar surface area (TPSA) is 26.0 Å². The van der Waals surface area contributed by atoms with Crippen LogP contribution in [-0.4, -0.2) is 6.54 Å². The average molecular weight is 211 g/mol. The molecule has 0 saturated heterocycles. The Morgan fingerprint density at radius 2 is 2.00 bits per heavy atom. The van der Waals surface area contributed by atoms with E-state index in [1.54, 1.807) is 12.1 Å². The molecule has 1 fully saturated rings. The SMILES string of the molecule is CC1(C)[C@@H](CN)[C@@H]1c1cccc(F)c1F. The third-order valence-electron chi connectivity index (χ3n) is 3.62. The number of hydrogen-bond donors (Lipinski definition) is 1. The van der Waals surface area contributed by atoms with Crippen LogP contribution in [0.15, 0.2) is 18.2 Å². The first-order valence-electron chi connectivity index (χ1n) is 5.14. The molecule has 0 radical (unpaired) electrons. The van der Waals surface area contributed by atoms with Crippen molar-refractivity contribution in [2.75, 3.05) is 6.54 Å². The van der Waals surface area contributed by atoms with Gasteiger partial charge in [0, 0.05) is 0 Å². The molecule has 0 aromatic heterocycles. The Morgan fingerprint density at radius 3 is 2.53 bits per heavy atom. The summed E-state index contributed by atoms with van der Waals surface area (Å²) >= 11 is 0. The van der Waals surface area contributed by atoms with Crippen LogP contribution < -0.4 is 5.73 Å². The van der Waals surface area contributed by atoms with Crippen molar-refractivity contribution < 1.29 is 8.78 Å². The van der Waals surface area contributed by atoms with Gasteiger partial charge in [-0.05, 0) is 35.4 Å². The highest BCUT2D eigenvalue weighted by molar-refractivity contribution is 5.33. The molecule has 2 rings (SSSR count). The Hall–Kier alpha value is -0.960. The number of nitrogens with two attached hydrogens (primary N) is 1. The van der Waals surface area contributed by atoms with Crippen molar-refractivity contribution in [2.24, 2.45) is 17.1 Å². The number of benzene rings is 1. The molecule has 1 nitrogen and oxygen atoms in total. The first-order valence-corrected chi connectivity index (χ1v) is 5.14. The Bertz CT molecular complexity index is 387. The minimum atomic E-state index is -0.772. The maximum atomic E-state index is 13.5. The van der Waals surface area contributed by atoms with E-state index in [9.17, 15) is 8.78 Å². The van der Waals surface area contributed by atoms with Gasteiger partial charge in [-0.2, -0.15) is 0 Å². The van der Waals surface area contributed by atoms with Crippen LogP contribution in [-0.2, 0) is 0 Å². The zero-order valence-electron chi connectivity index (χ0n) is 8.93. The molecular weight excluding hydrogens is 196 g/mol. The minimum Gasteiger partial charge on any atom is -0.330 e. The Morgan fingerprint density at radius 1 is 1.33 bits per heavy atom. The highest BCUT2D eigenvalue weighted by atomic mass is 19.2. The summed E-state index contributed by atoms with van der Waals surface area (Å²) in [7, 11) is 0. The molecule has 1 saturated carbocycles. The second-order valence-electron chi connectivity index (χ2n) is 4.78. The van der Waals surface area contributed by atoms with Gasteiger partial charge in [0.1, 0.15) is 0 Å². The largest absolute Gasteiger partial charge is 0.330 e. The fourth-order valence-electron chi connectivity index (χ4n) is 2.56. The molecule has 1 aromatic carbocycles. The molecule has 82 valence electrons. The summed E-state index contributed by atoms with van der Waals surface area (Å²) in [6.45, 7) is 4.60. The summed E-state index contributed by atoms with van der Waals surface area (Å²) in [5, 5.41) is 0. The number of hydrogen-bond acceptors (Lipinski definition) is 1. The lowest BCUT2D eigenvalue weighted by molar-refractivity contribution is 0.492. The van der Waals surface area contributed by atoms with E-state index >= 15 is 0 Å². The lowest BCUT2D eigenvalue weighted by Gasteiger charge is -2.04. The van der Waals surface area contributed by atoms with E-state index in [2.05, 4.69) is 0 Å². The molecule has 0 bridgehead atoms. The summed E-state index contributed by atoms with van der Waals surface area (Å²) in [5.41, 5.74) is 6.07. The van der Waals surface area contributed by atoms with Crippen LogP contribution in [0, 0.1) is 23.0 Å². The minimum absolute atomic E-state index is 0.0105. The van der Waals surface area contributed by atoms with Crippen molar-refractivity contribution in [3.05, 3.63) is 35.4 Å². The van der Waals surface area contributed by atoms with Gasteiger partial charge in [0.05, 0.1) is 0 Å². The van der Waals surface area contributed by atoms with Gasteiger partial charge < -0.3 is 5.73 Å². The van der Waals surface area contributed by atoms with Gasteiger partial charge in [0.2, 0.25) is 0 Å². The number of halogens is 2. The normalized spacial score (nSPS) is 27.8. The van der Waals surface area contributed by atoms with E-state index in [0.29, 0.717) is 12.1 Å². The van der Waals surface area contributed by atoms with E-state index in [4.69, 9.17) is 5.73 Å². The van der Waals surface area contributed by atoms with Crippen LogP contribution in [0.5, 0.6) is 0 Å². The molecule has 1 aromatic rings. The second-order valence-corrected chi connectivity index (χ2v) is 4.78. The highest BCUT2D eigenvalue weighted by Gasteiger charge is 2.58. The Balaban J connectivity index is 2.37. The quantitative estimate of drug-likeness (QED) is 0.799. The zero-order valence-corrected chi connectivity index (χ0v) is 8.93. The fourth-order valence-corrected chi connectivity index (χ4v) is 2.56. The van der Waals surface area contributed by atoms with Gasteiger partial charge >= 0.3 is 0 Å². The number of rotatable bonds is 2. The molecule has 2 N–H and O–H groups in total. The Labute approximate surface area is 88.3 Å². The molecule has 0 amide bonds. The van der Waals surface area contributed by atoms with Gasteiger partial charge in [0.15, 0.2) is 11.6 Å². The molecule has 0 aliphatic heterocycles. The fraction of sp³-hybridized carbons (Fsp3) is 0.500. The molecule has 1 aliphatic carbocycles. The van der Waals surface area contributed by atoms with Crippen LogP contribution in [0.4, 0.5) is 8.78 Å².